The molecule has 2 aliphatic carbocycles. The van der Waals surface area contributed by atoms with Gasteiger partial charge in [-0.25, -0.2) is 0 Å². The molecule has 0 bridgehead atoms. The van der Waals surface area contributed by atoms with Gasteiger partial charge in [0.15, 0.2) is 17.2 Å². The lowest BCUT2D eigenvalue weighted by Gasteiger charge is -2.42. The normalized spacial score (nSPS) is 19.5. The summed E-state index contributed by atoms with van der Waals surface area (Å²) in [6.45, 7) is 3.84. The van der Waals surface area contributed by atoms with Crippen molar-refractivity contribution in [3.05, 3.63) is 82.4 Å². The number of anilines is 4. The molecule has 7 nitrogen and oxygen atoms in total. The SMILES string of the molecule is CC(O)(c1ccc(Nc2cc(N3CCN(C4CCCCC4)CC3)c(N)c3c2C(=O)c2ccccc2C3=O)cc1)C(F)(F)F. The summed E-state index contributed by atoms with van der Waals surface area (Å²) in [4.78, 5) is 32.3. The van der Waals surface area contributed by atoms with Crippen LogP contribution in [-0.2, 0) is 5.60 Å². The lowest BCUT2D eigenvalue weighted by Crippen LogP contribution is -2.51. The minimum absolute atomic E-state index is 0.134. The fraction of sp³-hybridized carbons (Fsp3) is 0.394. The maximum atomic E-state index is 13.8. The first-order chi connectivity index (χ1) is 20.5. The number of benzene rings is 3. The van der Waals surface area contributed by atoms with Gasteiger partial charge in [0.05, 0.1) is 28.2 Å². The predicted octanol–water partition coefficient (Wildman–Crippen LogP) is 6.01. The predicted molar refractivity (Wildman–Crippen MR) is 160 cm³/mol. The molecule has 1 saturated heterocycles. The molecule has 3 aromatic rings. The molecule has 3 aliphatic rings. The van der Waals surface area contributed by atoms with Crippen molar-refractivity contribution in [1.82, 2.24) is 4.90 Å². The highest BCUT2D eigenvalue weighted by atomic mass is 19.4. The molecule has 3 aromatic carbocycles. The highest BCUT2D eigenvalue weighted by Crippen LogP contribution is 2.43. The Balaban J connectivity index is 1.37. The summed E-state index contributed by atoms with van der Waals surface area (Å²) in [5.41, 5.74) is 5.81. The smallest absolute Gasteiger partial charge is 0.396 e. The average molecular weight is 593 g/mol. The Morgan fingerprint density at radius 2 is 1.44 bits per heavy atom. The van der Waals surface area contributed by atoms with E-state index in [2.05, 4.69) is 15.1 Å². The number of hydrogen-bond donors (Lipinski definition) is 3. The summed E-state index contributed by atoms with van der Waals surface area (Å²) in [5.74, 6) is -0.699. The number of piperazine rings is 1. The van der Waals surface area contributed by atoms with Crippen molar-refractivity contribution in [2.75, 3.05) is 42.1 Å². The molecule has 0 amide bonds. The van der Waals surface area contributed by atoms with Crippen LogP contribution in [0.5, 0.6) is 0 Å². The van der Waals surface area contributed by atoms with Crippen LogP contribution in [0.25, 0.3) is 0 Å². The van der Waals surface area contributed by atoms with E-state index in [0.29, 0.717) is 43.1 Å². The number of alkyl halides is 3. The van der Waals surface area contributed by atoms with Crippen molar-refractivity contribution in [3.8, 4) is 0 Å². The number of hydrogen-bond acceptors (Lipinski definition) is 7. The summed E-state index contributed by atoms with van der Waals surface area (Å²) in [6, 6.07) is 14.2. The molecular weight excluding hydrogens is 557 g/mol. The van der Waals surface area contributed by atoms with Crippen molar-refractivity contribution in [3.63, 3.8) is 0 Å². The monoisotopic (exact) mass is 592 g/mol. The van der Waals surface area contributed by atoms with Gasteiger partial charge in [0.25, 0.3) is 0 Å². The minimum atomic E-state index is -4.85. The Morgan fingerprint density at radius 1 is 0.860 bits per heavy atom. The fourth-order valence-electron chi connectivity index (χ4n) is 6.64. The van der Waals surface area contributed by atoms with Crippen molar-refractivity contribution >= 4 is 34.3 Å². The molecule has 1 atom stereocenters. The summed E-state index contributed by atoms with van der Waals surface area (Å²) in [6.07, 6.45) is 1.37. The van der Waals surface area contributed by atoms with Crippen LogP contribution in [0.3, 0.4) is 0 Å². The topological polar surface area (TPSA) is 98.9 Å². The first-order valence-corrected chi connectivity index (χ1v) is 14.8. The van der Waals surface area contributed by atoms with Crippen LogP contribution in [0.4, 0.5) is 35.9 Å². The standard InChI is InChI=1S/C33H35F3N4O3/c1-32(43,33(34,35)36)20-11-13-21(14-12-20)38-25-19-26(40-17-15-39(16-18-40)22-7-3-2-4-8-22)29(37)28-27(25)30(41)23-9-5-6-10-24(23)31(28)42/h5-6,9-14,19,22,38,43H,2-4,7-8,15-18,37H2,1H3. The van der Waals surface area contributed by atoms with Crippen LogP contribution in [-0.4, -0.2) is 60.0 Å². The van der Waals surface area contributed by atoms with E-state index < -0.39 is 11.8 Å². The van der Waals surface area contributed by atoms with Gasteiger partial charge in [-0.1, -0.05) is 55.7 Å². The molecule has 2 fully saturated rings. The number of nitrogen functional groups attached to an aromatic ring is 1. The highest BCUT2D eigenvalue weighted by Gasteiger charge is 2.51. The third-order valence-corrected chi connectivity index (χ3v) is 9.24. The maximum absolute atomic E-state index is 13.8. The van der Waals surface area contributed by atoms with E-state index in [1.54, 1.807) is 30.3 Å². The fourth-order valence-corrected chi connectivity index (χ4v) is 6.64. The molecule has 6 rings (SSSR count). The quantitative estimate of drug-likeness (QED) is 0.244. The summed E-state index contributed by atoms with van der Waals surface area (Å²) in [5, 5.41) is 13.3. The molecule has 10 heteroatoms. The Labute approximate surface area is 248 Å². The van der Waals surface area contributed by atoms with Gasteiger partial charge in [0.1, 0.15) is 0 Å². The van der Waals surface area contributed by atoms with E-state index >= 15 is 0 Å². The number of carbonyl (C=O) groups excluding carboxylic acids is 2. The van der Waals surface area contributed by atoms with Gasteiger partial charge >= 0.3 is 6.18 Å². The number of aliphatic hydroxyl groups is 1. The summed E-state index contributed by atoms with van der Waals surface area (Å²) >= 11 is 0. The number of fused-ring (bicyclic) bond motifs is 2. The van der Waals surface area contributed by atoms with Gasteiger partial charge in [-0.15, -0.1) is 0 Å². The van der Waals surface area contributed by atoms with E-state index in [0.717, 1.165) is 13.1 Å². The Bertz CT molecular complexity index is 1550. The van der Waals surface area contributed by atoms with Gasteiger partial charge in [0.2, 0.25) is 0 Å². The van der Waals surface area contributed by atoms with Gasteiger partial charge in [-0.05, 0) is 43.5 Å². The van der Waals surface area contributed by atoms with Gasteiger partial charge in [0, 0.05) is 49.0 Å². The van der Waals surface area contributed by atoms with E-state index in [4.69, 9.17) is 5.73 Å². The van der Waals surface area contributed by atoms with Gasteiger partial charge in [-0.3, -0.25) is 14.5 Å². The number of carbonyl (C=O) groups is 2. The van der Waals surface area contributed by atoms with E-state index in [1.807, 2.05) is 0 Å². The van der Waals surface area contributed by atoms with Crippen LogP contribution in [0, 0.1) is 0 Å². The second-order valence-electron chi connectivity index (χ2n) is 11.9. The van der Waals surface area contributed by atoms with E-state index in [9.17, 15) is 27.9 Å². The first kappa shape index (κ1) is 29.2. The van der Waals surface area contributed by atoms with Crippen LogP contribution in [0.2, 0.25) is 0 Å². The summed E-state index contributed by atoms with van der Waals surface area (Å²) < 4.78 is 40.2. The zero-order valence-corrected chi connectivity index (χ0v) is 24.0. The highest BCUT2D eigenvalue weighted by molar-refractivity contribution is 6.32. The van der Waals surface area contributed by atoms with E-state index in [-0.39, 0.29) is 45.1 Å². The third kappa shape index (κ3) is 5.16. The van der Waals surface area contributed by atoms with Gasteiger partial charge < -0.3 is 21.1 Å². The van der Waals surface area contributed by atoms with Gasteiger partial charge in [-0.2, -0.15) is 13.2 Å². The van der Waals surface area contributed by atoms with Crippen molar-refractivity contribution in [1.29, 1.82) is 0 Å². The molecule has 0 aromatic heterocycles. The molecule has 4 N–H and O–H groups in total. The molecule has 1 saturated carbocycles. The largest absolute Gasteiger partial charge is 0.421 e. The number of nitrogens with zero attached hydrogens (tertiary/aromatic N) is 2. The molecule has 0 radical (unpaired) electrons. The number of nitrogens with two attached hydrogens (primary N) is 1. The van der Waals surface area contributed by atoms with Crippen LogP contribution in [0.1, 0.15) is 76.4 Å². The molecule has 226 valence electrons. The number of ketones is 2. The van der Waals surface area contributed by atoms with Crippen LogP contribution < -0.4 is 16.0 Å². The molecule has 0 spiro atoms. The lowest BCUT2D eigenvalue weighted by atomic mass is 9.81. The zero-order valence-electron chi connectivity index (χ0n) is 24.0. The van der Waals surface area contributed by atoms with Crippen molar-refractivity contribution in [2.45, 2.75) is 56.8 Å². The first-order valence-electron chi connectivity index (χ1n) is 14.8. The Morgan fingerprint density at radius 3 is 2.02 bits per heavy atom. The summed E-state index contributed by atoms with van der Waals surface area (Å²) in [7, 11) is 0. The molecule has 1 unspecified atom stereocenters. The van der Waals surface area contributed by atoms with Crippen LogP contribution >= 0.6 is 0 Å². The van der Waals surface area contributed by atoms with E-state index in [1.165, 1.54) is 56.4 Å². The molecular formula is C33H35F3N4O3. The Kier molecular flexibility index (Phi) is 7.46. The minimum Gasteiger partial charge on any atom is -0.396 e. The number of rotatable bonds is 5. The second kappa shape index (κ2) is 11.0. The Hall–Kier alpha value is -3.89. The zero-order chi connectivity index (χ0) is 30.5. The lowest BCUT2D eigenvalue weighted by molar-refractivity contribution is -0.258. The second-order valence-corrected chi connectivity index (χ2v) is 11.9. The number of halogens is 3. The van der Waals surface area contributed by atoms with Crippen molar-refractivity contribution in [2.24, 2.45) is 0 Å². The maximum Gasteiger partial charge on any atom is 0.421 e. The molecule has 1 heterocycles. The van der Waals surface area contributed by atoms with Crippen molar-refractivity contribution < 1.29 is 27.9 Å². The third-order valence-electron chi connectivity index (χ3n) is 9.24. The molecule has 1 aliphatic heterocycles. The number of nitrogens with one attached hydrogen (secondary N) is 1. The van der Waals surface area contributed by atoms with Crippen LogP contribution in [0.15, 0.2) is 54.6 Å². The average Bonchev–Trinajstić information content (AvgIpc) is 3.01. The molecule has 43 heavy (non-hydrogen) atoms.